The Bertz CT molecular complexity index is 951. The van der Waals surface area contributed by atoms with E-state index in [0.29, 0.717) is 12.0 Å². The van der Waals surface area contributed by atoms with Crippen LogP contribution in [0.3, 0.4) is 0 Å². The first-order valence-electron chi connectivity index (χ1n) is 9.13. The quantitative estimate of drug-likeness (QED) is 0.326. The van der Waals surface area contributed by atoms with Crippen molar-refractivity contribution >= 4 is 22.1 Å². The molecule has 1 atom stereocenters. The second-order valence-electron chi connectivity index (χ2n) is 8.08. The van der Waals surface area contributed by atoms with Crippen LogP contribution in [0.2, 0.25) is 0 Å². The van der Waals surface area contributed by atoms with E-state index in [9.17, 15) is 40.0 Å². The van der Waals surface area contributed by atoms with Crippen molar-refractivity contribution in [3.05, 3.63) is 35.4 Å². The van der Waals surface area contributed by atoms with Crippen LogP contribution >= 0.6 is 0 Å². The highest BCUT2D eigenvalue weighted by molar-refractivity contribution is 7.86. The van der Waals surface area contributed by atoms with Gasteiger partial charge in [-0.05, 0) is 51.8 Å². The Morgan fingerprint density at radius 2 is 1.47 bits per heavy atom. The van der Waals surface area contributed by atoms with E-state index in [-0.39, 0.29) is 0 Å². The normalized spacial score (nSPS) is 14.6. The van der Waals surface area contributed by atoms with Gasteiger partial charge < -0.3 is 9.47 Å². The molecule has 182 valence electrons. The van der Waals surface area contributed by atoms with Crippen LogP contribution in [0.25, 0.3) is 0 Å². The van der Waals surface area contributed by atoms with Crippen molar-refractivity contribution in [2.75, 3.05) is 0 Å². The Morgan fingerprint density at radius 1 is 1.00 bits per heavy atom. The Balaban J connectivity index is 3.14. The maximum atomic E-state index is 13.6. The molecule has 0 aliphatic rings. The number of alkyl halides is 5. The van der Waals surface area contributed by atoms with E-state index < -0.39 is 56.2 Å². The number of carbonyl (C=O) groups is 2. The summed E-state index contributed by atoms with van der Waals surface area (Å²) in [7, 11) is -6.54. The van der Waals surface area contributed by atoms with Crippen molar-refractivity contribution in [3.8, 4) is 0 Å². The molecule has 1 unspecified atom stereocenters. The average molecular weight is 490 g/mol. The van der Waals surface area contributed by atoms with Crippen molar-refractivity contribution in [1.29, 1.82) is 0 Å². The third kappa shape index (κ3) is 6.15. The van der Waals surface area contributed by atoms with Gasteiger partial charge in [0.15, 0.2) is 0 Å². The van der Waals surface area contributed by atoms with Gasteiger partial charge in [-0.3, -0.25) is 9.35 Å². The van der Waals surface area contributed by atoms with E-state index in [0.717, 1.165) is 12.1 Å². The van der Waals surface area contributed by atoms with Gasteiger partial charge in [0.25, 0.3) is 6.10 Å². The number of hydrogen-bond acceptors (Lipinski definition) is 6. The first-order valence-corrected chi connectivity index (χ1v) is 10.6. The minimum atomic E-state index is -6.54. The van der Waals surface area contributed by atoms with E-state index >= 15 is 0 Å². The molecule has 0 fully saturated rings. The zero-order valence-corrected chi connectivity index (χ0v) is 18.6. The van der Waals surface area contributed by atoms with Crippen molar-refractivity contribution < 1.29 is 54.0 Å². The molecule has 0 heterocycles. The zero-order chi connectivity index (χ0) is 25.3. The molecule has 1 aromatic carbocycles. The highest BCUT2D eigenvalue weighted by atomic mass is 32.2. The molecule has 32 heavy (non-hydrogen) atoms. The highest BCUT2D eigenvalue weighted by Gasteiger charge is 2.66. The van der Waals surface area contributed by atoms with Crippen LogP contribution < -0.4 is 0 Å². The Kier molecular flexibility index (Phi) is 7.74. The molecule has 0 amide bonds. The van der Waals surface area contributed by atoms with E-state index in [1.807, 2.05) is 0 Å². The molecule has 0 aliphatic carbocycles. The molecule has 1 N–H and O–H groups in total. The van der Waals surface area contributed by atoms with Crippen molar-refractivity contribution in [1.82, 2.24) is 0 Å². The topological polar surface area (TPSA) is 107 Å². The van der Waals surface area contributed by atoms with Crippen LogP contribution in [-0.4, -0.2) is 42.4 Å². The molecular formula is C19H23F5O7S. The van der Waals surface area contributed by atoms with Crippen molar-refractivity contribution in [3.63, 3.8) is 0 Å². The van der Waals surface area contributed by atoms with Crippen LogP contribution in [0.15, 0.2) is 24.3 Å². The predicted octanol–water partition coefficient (Wildman–Crippen LogP) is 4.47. The highest BCUT2D eigenvalue weighted by Crippen LogP contribution is 2.38. The first kappa shape index (κ1) is 27.8. The number of ether oxygens (including phenoxy) is 2. The minimum Gasteiger partial charge on any atom is -0.454 e. The SMILES string of the molecule is CCC(C)(C)C(=O)OC(C)(C)c1ccc(C(=O)OC(C(F)(F)F)C(F)(F)S(=O)(=O)O)cc1. The zero-order valence-electron chi connectivity index (χ0n) is 17.8. The molecular weight excluding hydrogens is 467 g/mol. The Labute approximate surface area is 181 Å². The molecule has 0 saturated heterocycles. The van der Waals surface area contributed by atoms with Crippen LogP contribution in [0.1, 0.15) is 57.0 Å². The van der Waals surface area contributed by atoms with Gasteiger partial charge in [0.2, 0.25) is 0 Å². The summed E-state index contributed by atoms with van der Waals surface area (Å²) in [5.41, 5.74) is -2.29. The van der Waals surface area contributed by atoms with Gasteiger partial charge in [-0.2, -0.15) is 30.4 Å². The second-order valence-corrected chi connectivity index (χ2v) is 9.57. The molecule has 13 heteroatoms. The van der Waals surface area contributed by atoms with E-state index in [1.54, 1.807) is 20.8 Å². The maximum Gasteiger partial charge on any atom is 0.432 e. The summed E-state index contributed by atoms with van der Waals surface area (Å²) in [5.74, 6) is -2.43. The number of hydrogen-bond donors (Lipinski definition) is 1. The van der Waals surface area contributed by atoms with Crippen molar-refractivity contribution in [2.24, 2.45) is 5.41 Å². The van der Waals surface area contributed by atoms with Gasteiger partial charge in [-0.25, -0.2) is 4.79 Å². The number of carbonyl (C=O) groups excluding carboxylic acids is 2. The molecule has 0 radical (unpaired) electrons. The lowest BCUT2D eigenvalue weighted by atomic mass is 9.89. The minimum absolute atomic E-state index is 0.324. The Hall–Kier alpha value is -2.28. The fourth-order valence-corrected chi connectivity index (χ4v) is 2.67. The van der Waals surface area contributed by atoms with Gasteiger partial charge in [0.1, 0.15) is 5.60 Å². The number of halogens is 5. The predicted molar refractivity (Wildman–Crippen MR) is 101 cm³/mol. The summed E-state index contributed by atoms with van der Waals surface area (Å²) in [6, 6.07) is 4.26. The number of esters is 2. The number of rotatable bonds is 8. The molecule has 0 bridgehead atoms. The summed E-state index contributed by atoms with van der Waals surface area (Å²) >= 11 is 0. The van der Waals surface area contributed by atoms with Gasteiger partial charge in [0.05, 0.1) is 11.0 Å². The average Bonchev–Trinajstić information content (AvgIpc) is 2.63. The molecule has 1 rings (SSSR count). The van der Waals surface area contributed by atoms with Crippen LogP contribution in [0, 0.1) is 5.41 Å². The lowest BCUT2D eigenvalue weighted by Crippen LogP contribution is -2.52. The van der Waals surface area contributed by atoms with Gasteiger partial charge in [-0.1, -0.05) is 19.1 Å². The molecule has 1 aromatic rings. The van der Waals surface area contributed by atoms with Gasteiger partial charge in [-0.15, -0.1) is 0 Å². The molecule has 7 nitrogen and oxygen atoms in total. The van der Waals surface area contributed by atoms with Gasteiger partial charge >= 0.3 is 33.5 Å². The fourth-order valence-electron chi connectivity index (χ4n) is 2.22. The fraction of sp³-hybridized carbons (Fsp3) is 0.579. The summed E-state index contributed by atoms with van der Waals surface area (Å²) in [6.45, 7) is 8.18. The van der Waals surface area contributed by atoms with Crippen LogP contribution in [0.4, 0.5) is 22.0 Å². The Morgan fingerprint density at radius 3 is 1.84 bits per heavy atom. The molecule has 0 aromatic heterocycles. The maximum absolute atomic E-state index is 13.6. The summed E-state index contributed by atoms with van der Waals surface area (Å²) in [6.07, 6.45) is -9.95. The summed E-state index contributed by atoms with van der Waals surface area (Å²) < 4.78 is 105. The van der Waals surface area contributed by atoms with E-state index in [2.05, 4.69) is 4.74 Å². The van der Waals surface area contributed by atoms with Crippen LogP contribution in [-0.2, 0) is 30.0 Å². The van der Waals surface area contributed by atoms with E-state index in [4.69, 9.17) is 9.29 Å². The molecule has 0 saturated carbocycles. The lowest BCUT2D eigenvalue weighted by molar-refractivity contribution is -0.248. The largest absolute Gasteiger partial charge is 0.454 e. The number of benzene rings is 1. The van der Waals surface area contributed by atoms with Gasteiger partial charge in [0, 0.05) is 0 Å². The molecule has 0 spiro atoms. The third-order valence-electron chi connectivity index (χ3n) is 4.77. The first-order chi connectivity index (χ1) is 14.2. The molecule has 0 aliphatic heterocycles. The van der Waals surface area contributed by atoms with Crippen LogP contribution in [0.5, 0.6) is 0 Å². The standard InChI is InChI=1S/C19H23F5O7S/c1-6-16(2,3)15(26)31-17(4,5)12-9-7-11(8-10-12)13(25)30-14(18(20,21)22)19(23,24)32(27,28)29/h7-10,14H,6H2,1-5H3,(H,27,28,29). The second kappa shape index (κ2) is 8.93. The smallest absolute Gasteiger partial charge is 0.432 e. The van der Waals surface area contributed by atoms with E-state index in [1.165, 1.54) is 26.0 Å². The summed E-state index contributed by atoms with van der Waals surface area (Å²) in [5, 5.41) is -5.83. The van der Waals surface area contributed by atoms with Crippen molar-refractivity contribution in [2.45, 2.75) is 64.2 Å². The monoisotopic (exact) mass is 490 g/mol. The lowest BCUT2D eigenvalue weighted by Gasteiger charge is -2.31. The summed E-state index contributed by atoms with van der Waals surface area (Å²) in [4.78, 5) is 24.3. The third-order valence-corrected chi connectivity index (χ3v) is 5.67.